The van der Waals surface area contributed by atoms with Crippen molar-refractivity contribution >= 4 is 0 Å². The minimum atomic E-state index is -0.205. The van der Waals surface area contributed by atoms with Crippen molar-refractivity contribution in [3.05, 3.63) is 0 Å². The van der Waals surface area contributed by atoms with E-state index in [9.17, 15) is 0 Å². The molecule has 0 nitrogen and oxygen atoms in total. The second-order valence-electron chi connectivity index (χ2n) is 5.97. The fourth-order valence-corrected chi connectivity index (χ4v) is 5.97. The third-order valence-corrected chi connectivity index (χ3v) is 9.63. The monoisotopic (exact) mass is 206 g/mol. The van der Waals surface area contributed by atoms with Crippen LogP contribution in [0.2, 0.25) is 10.0 Å². The van der Waals surface area contributed by atoms with Crippen LogP contribution in [0.25, 0.3) is 0 Å². The molecule has 0 N–H and O–H groups in total. The van der Waals surface area contributed by atoms with E-state index in [0.29, 0.717) is 10.8 Å². The second kappa shape index (κ2) is 4.03. The van der Waals surface area contributed by atoms with E-state index >= 15 is 0 Å². The van der Waals surface area contributed by atoms with Crippen LogP contribution in [0.3, 0.4) is 0 Å². The van der Waals surface area contributed by atoms with Crippen LogP contribution in [-0.2, 0) is 17.1 Å². The van der Waals surface area contributed by atoms with Gasteiger partial charge in [-0.2, -0.15) is 0 Å². The van der Waals surface area contributed by atoms with E-state index in [2.05, 4.69) is 41.5 Å². The van der Waals surface area contributed by atoms with Gasteiger partial charge in [0.25, 0.3) is 0 Å². The predicted molar refractivity (Wildman–Crippen MR) is 48.5 cm³/mol. The fraction of sp³-hybridized carbons (Fsp3) is 1.00. The summed E-state index contributed by atoms with van der Waals surface area (Å²) in [6, 6.07) is 0. The van der Waals surface area contributed by atoms with Crippen LogP contribution >= 0.6 is 0 Å². The molecule has 0 aromatic carbocycles. The molecule has 0 atom stereocenters. The SMILES string of the molecule is CC(C)(C)[CH2][Zn][CH2]C(C)(C)C. The molecule has 0 saturated carbocycles. The summed E-state index contributed by atoms with van der Waals surface area (Å²) in [7, 11) is 0. The zero-order chi connectivity index (χ0) is 9.12. The van der Waals surface area contributed by atoms with Gasteiger partial charge in [0.1, 0.15) is 0 Å². The van der Waals surface area contributed by atoms with Gasteiger partial charge in [-0.25, -0.2) is 0 Å². The van der Waals surface area contributed by atoms with Crippen molar-refractivity contribution in [3.63, 3.8) is 0 Å². The van der Waals surface area contributed by atoms with E-state index in [0.717, 1.165) is 0 Å². The minimum absolute atomic E-state index is 0.205. The second-order valence-corrected chi connectivity index (χ2v) is 9.56. The van der Waals surface area contributed by atoms with E-state index < -0.39 is 0 Å². The van der Waals surface area contributed by atoms with Gasteiger partial charge in [-0.15, -0.1) is 0 Å². The van der Waals surface area contributed by atoms with Gasteiger partial charge in [-0.05, 0) is 0 Å². The van der Waals surface area contributed by atoms with Crippen LogP contribution < -0.4 is 0 Å². The Balaban J connectivity index is 3.44. The number of rotatable bonds is 2. The molecule has 0 fully saturated rings. The first-order valence-corrected chi connectivity index (χ1v) is 8.90. The van der Waals surface area contributed by atoms with Crippen LogP contribution in [0.5, 0.6) is 0 Å². The van der Waals surface area contributed by atoms with E-state index in [4.69, 9.17) is 0 Å². The Morgan fingerprint density at radius 2 is 1.00 bits per heavy atom. The van der Waals surface area contributed by atoms with E-state index in [1.807, 2.05) is 0 Å². The summed E-state index contributed by atoms with van der Waals surface area (Å²) in [5.74, 6) is 0. The number of hydrogen-bond donors (Lipinski definition) is 0. The molecule has 0 saturated heterocycles. The Bertz CT molecular complexity index is 89.0. The third-order valence-electron chi connectivity index (χ3n) is 1.85. The van der Waals surface area contributed by atoms with Gasteiger partial charge in [-0.1, -0.05) is 0 Å². The first-order chi connectivity index (χ1) is 4.71. The van der Waals surface area contributed by atoms with Gasteiger partial charge in [0.15, 0.2) is 0 Å². The maximum absolute atomic E-state index is 2.36. The summed E-state index contributed by atoms with van der Waals surface area (Å²) < 4.78 is 0. The molecule has 0 bridgehead atoms. The first-order valence-electron chi connectivity index (χ1n) is 4.71. The van der Waals surface area contributed by atoms with Gasteiger partial charge in [0.05, 0.1) is 0 Å². The molecule has 0 heterocycles. The molecule has 0 aliphatic carbocycles. The molecule has 0 aliphatic rings. The summed E-state index contributed by atoms with van der Waals surface area (Å²) in [4.78, 5) is 0. The van der Waals surface area contributed by atoms with Crippen LogP contribution in [0.15, 0.2) is 0 Å². The molecule has 1 heteroatoms. The predicted octanol–water partition coefficient (Wildman–Crippen LogP) is 4.00. The van der Waals surface area contributed by atoms with Crippen molar-refractivity contribution in [2.24, 2.45) is 10.8 Å². The van der Waals surface area contributed by atoms with Crippen LogP contribution in [0.4, 0.5) is 0 Å². The van der Waals surface area contributed by atoms with Crippen molar-refractivity contribution in [2.45, 2.75) is 51.6 Å². The summed E-state index contributed by atoms with van der Waals surface area (Å²) >= 11 is -0.205. The molecule has 11 heavy (non-hydrogen) atoms. The van der Waals surface area contributed by atoms with Crippen molar-refractivity contribution < 1.29 is 17.1 Å². The van der Waals surface area contributed by atoms with Crippen molar-refractivity contribution in [2.75, 3.05) is 0 Å². The van der Waals surface area contributed by atoms with Gasteiger partial charge in [0.2, 0.25) is 0 Å². The van der Waals surface area contributed by atoms with E-state index in [-0.39, 0.29) is 17.1 Å². The molecule has 0 aromatic rings. The molecule has 0 rings (SSSR count). The van der Waals surface area contributed by atoms with Crippen molar-refractivity contribution in [1.82, 2.24) is 0 Å². The normalized spacial score (nSPS) is 12.9. The Kier molecular flexibility index (Phi) is 4.26. The summed E-state index contributed by atoms with van der Waals surface area (Å²) in [6.07, 6.45) is 0. The van der Waals surface area contributed by atoms with Crippen molar-refractivity contribution in [1.29, 1.82) is 0 Å². The Morgan fingerprint density at radius 1 is 0.727 bits per heavy atom. The average molecular weight is 208 g/mol. The zero-order valence-electron chi connectivity index (χ0n) is 9.12. The molecule has 0 spiro atoms. The average Bonchev–Trinajstić information content (AvgIpc) is 1.55. The zero-order valence-corrected chi connectivity index (χ0v) is 12.1. The summed E-state index contributed by atoms with van der Waals surface area (Å²) in [6.45, 7) is 14.2. The number of hydrogen-bond acceptors (Lipinski definition) is 0. The molecule has 0 aromatic heterocycles. The van der Waals surface area contributed by atoms with Crippen LogP contribution in [0, 0.1) is 10.8 Å². The molecule has 64 valence electrons. The topological polar surface area (TPSA) is 0 Å². The van der Waals surface area contributed by atoms with Crippen molar-refractivity contribution in [3.8, 4) is 0 Å². The van der Waals surface area contributed by atoms with Gasteiger partial charge in [-0.3, -0.25) is 0 Å². The van der Waals surface area contributed by atoms with Crippen LogP contribution in [0.1, 0.15) is 41.5 Å². The van der Waals surface area contributed by atoms with Gasteiger partial charge < -0.3 is 0 Å². The third kappa shape index (κ3) is 10.6. The quantitative estimate of drug-likeness (QED) is 0.601. The van der Waals surface area contributed by atoms with Crippen LogP contribution in [-0.4, -0.2) is 0 Å². The van der Waals surface area contributed by atoms with E-state index in [1.165, 1.54) is 10.0 Å². The molecular weight excluding hydrogens is 185 g/mol. The molecule has 0 amide bonds. The molecule has 0 aliphatic heterocycles. The summed E-state index contributed by atoms with van der Waals surface area (Å²) in [5, 5.41) is 3.08. The van der Waals surface area contributed by atoms with Gasteiger partial charge in [0, 0.05) is 0 Å². The Labute approximate surface area is 79.7 Å². The Morgan fingerprint density at radius 3 is 1.18 bits per heavy atom. The summed E-state index contributed by atoms with van der Waals surface area (Å²) in [5.41, 5.74) is 1.20. The molecule has 0 radical (unpaired) electrons. The van der Waals surface area contributed by atoms with Gasteiger partial charge >= 0.3 is 79.5 Å². The Hall–Kier alpha value is 0.623. The molecule has 0 unspecified atom stereocenters. The first kappa shape index (κ1) is 11.6. The molecular formula is C10H22Zn. The van der Waals surface area contributed by atoms with E-state index in [1.54, 1.807) is 0 Å². The fourth-order valence-electron chi connectivity index (χ4n) is 1.15. The standard InChI is InChI=1S/2C5H11.Zn/c2*1-5(2,3)4;/h2*1H2,2-4H3;. The maximum atomic E-state index is 2.36.